The van der Waals surface area contributed by atoms with E-state index in [0.29, 0.717) is 23.8 Å². The van der Waals surface area contributed by atoms with Gasteiger partial charge in [-0.25, -0.2) is 0 Å². The molecule has 0 nitrogen and oxygen atoms in total. The third-order valence-corrected chi connectivity index (χ3v) is 8.28. The molecule has 0 aromatic heterocycles. The van der Waals surface area contributed by atoms with Gasteiger partial charge >= 0.3 is 0 Å². The first-order chi connectivity index (χ1) is 12.6. The smallest absolute Gasteiger partial charge is 0.0901 e. The summed E-state index contributed by atoms with van der Waals surface area (Å²) in [7, 11) is 0.765. The van der Waals surface area contributed by atoms with Crippen LogP contribution in [-0.2, 0) is 0 Å². The monoisotopic (exact) mass is 411 g/mol. The summed E-state index contributed by atoms with van der Waals surface area (Å²) in [6.45, 7) is 27.3. The Bertz CT molecular complexity index is 691. The normalized spacial score (nSPS) is 11.7. The molecule has 0 aliphatic carbocycles. The molecule has 2 rings (SSSR count). The van der Waals surface area contributed by atoms with E-state index in [0.717, 1.165) is 8.58 Å². The maximum atomic E-state index is 2.33. The molecule has 0 bridgehead atoms. The summed E-state index contributed by atoms with van der Waals surface area (Å²) in [6, 6.07) is 9.20. The van der Waals surface area contributed by atoms with Gasteiger partial charge in [-0.2, -0.15) is 0 Å². The number of hydrogen-bond donors (Lipinski definition) is 0. The standard InChI is InChI=1S/C18H23P.2C4H9.Al/c1-11-7-13(3)17(14(4)8-11)19-18-15(5)9-12(2)10-16(18)6;2*1-4(2)3;/h7-10,19H,1-6H3;2*1-3H3;. The Balaban J connectivity index is 0.000000370. The zero-order valence-electron chi connectivity index (χ0n) is 20.4. The van der Waals surface area contributed by atoms with E-state index in [1.807, 2.05) is 0 Å². The molecule has 28 heavy (non-hydrogen) atoms. The maximum absolute atomic E-state index is 2.33. The van der Waals surface area contributed by atoms with Crippen LogP contribution in [0, 0.1) is 41.5 Å². The Morgan fingerprint density at radius 2 is 0.786 bits per heavy atom. The van der Waals surface area contributed by atoms with Gasteiger partial charge < -0.3 is 0 Å². The Hall–Kier alpha value is -0.598. The van der Waals surface area contributed by atoms with Crippen LogP contribution in [0.5, 0.6) is 0 Å². The molecule has 0 fully saturated rings. The highest BCUT2D eigenvalue weighted by atomic mass is 31.1. The summed E-state index contributed by atoms with van der Waals surface area (Å²) in [5.41, 5.74) is 8.43. The maximum Gasteiger partial charge on any atom is 0.218 e. The molecule has 0 amide bonds. The predicted octanol–water partition coefficient (Wildman–Crippen LogP) is 7.29. The van der Waals surface area contributed by atoms with Crippen LogP contribution in [0.1, 0.15) is 74.9 Å². The van der Waals surface area contributed by atoms with Crippen molar-refractivity contribution in [3.05, 3.63) is 57.6 Å². The van der Waals surface area contributed by atoms with Gasteiger partial charge in [0, 0.05) is 0 Å². The molecule has 0 heterocycles. The molecule has 0 aliphatic rings. The van der Waals surface area contributed by atoms with E-state index < -0.39 is 0 Å². The van der Waals surface area contributed by atoms with Crippen molar-refractivity contribution >= 4 is 34.4 Å². The second-order valence-electron chi connectivity index (χ2n) is 10.5. The molecule has 2 aromatic rings. The van der Waals surface area contributed by atoms with Gasteiger partial charge in [-0.1, -0.05) is 94.1 Å². The molecule has 0 saturated carbocycles. The fourth-order valence-electron chi connectivity index (χ4n) is 4.18. The summed E-state index contributed by atoms with van der Waals surface area (Å²) in [6.07, 6.45) is 0. The van der Waals surface area contributed by atoms with Gasteiger partial charge in [0.15, 0.2) is 0 Å². The molecule has 1 radical (unpaired) electrons. The zero-order chi connectivity index (χ0) is 21.9. The Labute approximate surface area is 183 Å². The topological polar surface area (TPSA) is 0 Å². The largest absolute Gasteiger partial charge is 0.218 e. The number of hydrogen-bond acceptors (Lipinski definition) is 0. The average Bonchev–Trinajstić information content (AvgIpc) is 2.41. The average molecular weight is 412 g/mol. The van der Waals surface area contributed by atoms with Crippen LogP contribution in [0.2, 0.25) is 8.55 Å². The van der Waals surface area contributed by atoms with Gasteiger partial charge in [0.25, 0.3) is 0 Å². The number of aryl methyl sites for hydroxylation is 6. The lowest BCUT2D eigenvalue weighted by molar-refractivity contribution is 0.668. The summed E-state index contributed by atoms with van der Waals surface area (Å²) < 4.78 is 1.14. The highest BCUT2D eigenvalue weighted by molar-refractivity contribution is 7.56. The molecule has 0 saturated heterocycles. The van der Waals surface area contributed by atoms with Crippen molar-refractivity contribution in [2.45, 2.75) is 91.6 Å². The minimum absolute atomic E-state index is 0.568. The van der Waals surface area contributed by atoms with Crippen LogP contribution < -0.4 is 10.6 Å². The van der Waals surface area contributed by atoms with Crippen LogP contribution in [0.15, 0.2) is 24.3 Å². The second kappa shape index (κ2) is 9.94. The highest BCUT2D eigenvalue weighted by Gasteiger charge is 2.22. The molecule has 0 N–H and O–H groups in total. The first-order valence-corrected chi connectivity index (χ1v) is 12.5. The minimum atomic E-state index is 0.568. The highest BCUT2D eigenvalue weighted by Crippen LogP contribution is 2.33. The molecule has 153 valence electrons. The van der Waals surface area contributed by atoms with E-state index in [1.165, 1.54) is 44.0 Å². The molecular weight excluding hydrogens is 370 g/mol. The zero-order valence-corrected chi connectivity index (χ0v) is 22.5. The van der Waals surface area contributed by atoms with Gasteiger partial charge in [-0.05, 0) is 74.4 Å². The second-order valence-corrected chi connectivity index (χ2v) is 15.6. The predicted molar refractivity (Wildman–Crippen MR) is 134 cm³/mol. The van der Waals surface area contributed by atoms with Crippen molar-refractivity contribution in [2.24, 2.45) is 0 Å². The van der Waals surface area contributed by atoms with Gasteiger partial charge in [0.1, 0.15) is 0 Å². The van der Waals surface area contributed by atoms with Crippen LogP contribution in [-0.4, -0.2) is 15.2 Å². The summed E-state index contributed by atoms with van der Waals surface area (Å²) in [5.74, 6) is 0. The molecule has 2 heteroatoms. The van der Waals surface area contributed by atoms with E-state index in [4.69, 9.17) is 0 Å². The van der Waals surface area contributed by atoms with Gasteiger partial charge in [-0.15, -0.1) is 0 Å². The molecular formula is C26H41AlP. The molecule has 0 aliphatic heterocycles. The number of benzene rings is 2. The lowest BCUT2D eigenvalue weighted by Crippen LogP contribution is -2.18. The Morgan fingerprint density at radius 3 is 0.964 bits per heavy atom. The number of rotatable bonds is 2. The Kier molecular flexibility index (Phi) is 9.03. The molecule has 0 atom stereocenters. The lowest BCUT2D eigenvalue weighted by atomic mass is 10.1. The molecule has 0 unspecified atom stereocenters. The van der Waals surface area contributed by atoms with Crippen molar-refractivity contribution in [1.29, 1.82) is 0 Å². The Morgan fingerprint density at radius 1 is 0.536 bits per heavy atom. The van der Waals surface area contributed by atoms with Crippen LogP contribution in [0.25, 0.3) is 0 Å². The van der Waals surface area contributed by atoms with Crippen molar-refractivity contribution in [2.75, 3.05) is 0 Å². The summed E-state index contributed by atoms with van der Waals surface area (Å²) >= 11 is 0.569. The van der Waals surface area contributed by atoms with Crippen LogP contribution >= 0.6 is 8.58 Å². The van der Waals surface area contributed by atoms with Gasteiger partial charge in [0.2, 0.25) is 15.2 Å². The fourth-order valence-corrected chi connectivity index (χ4v) is 8.10. The van der Waals surface area contributed by atoms with Crippen molar-refractivity contribution in [1.82, 2.24) is 0 Å². The van der Waals surface area contributed by atoms with Crippen molar-refractivity contribution in [3.8, 4) is 0 Å². The van der Waals surface area contributed by atoms with Crippen molar-refractivity contribution in [3.63, 3.8) is 0 Å². The van der Waals surface area contributed by atoms with Crippen LogP contribution in [0.3, 0.4) is 0 Å². The summed E-state index contributed by atoms with van der Waals surface area (Å²) in [4.78, 5) is 0. The molecule has 2 aromatic carbocycles. The minimum Gasteiger partial charge on any atom is -0.0901 e. The lowest BCUT2D eigenvalue weighted by Gasteiger charge is -2.26. The van der Waals surface area contributed by atoms with Gasteiger partial charge in [0.05, 0.1) is 0 Å². The van der Waals surface area contributed by atoms with E-state index in [9.17, 15) is 0 Å². The van der Waals surface area contributed by atoms with E-state index in [2.05, 4.69) is 107 Å². The molecule has 0 spiro atoms. The van der Waals surface area contributed by atoms with E-state index >= 15 is 0 Å². The summed E-state index contributed by atoms with van der Waals surface area (Å²) in [5, 5.41) is 3.03. The van der Waals surface area contributed by atoms with E-state index in [-0.39, 0.29) is 0 Å². The van der Waals surface area contributed by atoms with E-state index in [1.54, 1.807) is 0 Å². The van der Waals surface area contributed by atoms with Crippen molar-refractivity contribution < 1.29 is 0 Å². The van der Waals surface area contributed by atoms with Crippen LogP contribution in [0.4, 0.5) is 0 Å². The SMILES string of the molecule is C[C](C)(C)[Al][C](C)(C)C.Cc1cc(C)c(Pc2c(C)cc(C)cc2C)c(C)c1. The fraction of sp³-hybridized carbons (Fsp3) is 0.538. The third kappa shape index (κ3) is 8.82. The first-order valence-electron chi connectivity index (χ1n) is 10.4. The quantitative estimate of drug-likeness (QED) is 0.359. The van der Waals surface area contributed by atoms with Gasteiger partial charge in [-0.3, -0.25) is 0 Å². The third-order valence-electron chi connectivity index (χ3n) is 4.47. The first kappa shape index (κ1) is 25.4.